The van der Waals surface area contributed by atoms with Gasteiger partial charge in [-0.25, -0.2) is 0 Å². The van der Waals surface area contributed by atoms with E-state index in [4.69, 9.17) is 18.9 Å². The van der Waals surface area contributed by atoms with Crippen LogP contribution in [0.3, 0.4) is 0 Å². The van der Waals surface area contributed by atoms with Crippen LogP contribution < -0.4 is 0 Å². The average Bonchev–Trinajstić information content (AvgIpc) is 2.98. The van der Waals surface area contributed by atoms with Crippen LogP contribution in [0.2, 0.25) is 0 Å². The highest BCUT2D eigenvalue weighted by Crippen LogP contribution is 2.31. The second kappa shape index (κ2) is 2.92. The molecule has 0 aliphatic carbocycles. The quantitative estimate of drug-likeness (QED) is 0.582. The molecule has 0 amide bonds. The molecule has 0 N–H and O–H groups in total. The van der Waals surface area contributed by atoms with Gasteiger partial charge in [0.1, 0.15) is 12.2 Å². The van der Waals surface area contributed by atoms with Crippen molar-refractivity contribution in [2.45, 2.75) is 44.1 Å². The largest absolute Gasteiger partial charge is 0.370 e. The SMILES string of the molecule is CC1CC(C2CO2)OC(C2CO2)O1. The number of epoxide rings is 2. The van der Waals surface area contributed by atoms with Crippen molar-refractivity contribution >= 4 is 0 Å². The standard InChI is InChI=1S/C9H14O4/c1-5-2-6(7-3-10-7)13-9(12-5)8-4-11-8/h5-9H,2-4H2,1H3. The van der Waals surface area contributed by atoms with Crippen LogP contribution in [0.5, 0.6) is 0 Å². The molecule has 3 heterocycles. The van der Waals surface area contributed by atoms with Crippen LogP contribution in [-0.2, 0) is 18.9 Å². The Morgan fingerprint density at radius 2 is 1.62 bits per heavy atom. The van der Waals surface area contributed by atoms with E-state index < -0.39 is 0 Å². The van der Waals surface area contributed by atoms with Crippen LogP contribution in [0.4, 0.5) is 0 Å². The van der Waals surface area contributed by atoms with E-state index in [1.807, 2.05) is 0 Å². The minimum Gasteiger partial charge on any atom is -0.370 e. The highest BCUT2D eigenvalue weighted by molar-refractivity contribution is 4.87. The van der Waals surface area contributed by atoms with Gasteiger partial charge in [-0.05, 0) is 6.92 Å². The Kier molecular flexibility index (Phi) is 1.83. The summed E-state index contributed by atoms with van der Waals surface area (Å²) in [6.07, 6.45) is 1.75. The van der Waals surface area contributed by atoms with E-state index in [0.29, 0.717) is 6.10 Å². The summed E-state index contributed by atoms with van der Waals surface area (Å²) < 4.78 is 21.7. The summed E-state index contributed by atoms with van der Waals surface area (Å²) in [4.78, 5) is 0. The molecule has 0 spiro atoms. The van der Waals surface area contributed by atoms with Gasteiger partial charge in [0.05, 0.1) is 25.4 Å². The third-order valence-electron chi connectivity index (χ3n) is 2.68. The lowest BCUT2D eigenvalue weighted by molar-refractivity contribution is -0.248. The van der Waals surface area contributed by atoms with Gasteiger partial charge in [-0.15, -0.1) is 0 Å². The lowest BCUT2D eigenvalue weighted by atomic mass is 10.1. The molecule has 13 heavy (non-hydrogen) atoms. The number of hydrogen-bond donors (Lipinski definition) is 0. The van der Waals surface area contributed by atoms with Gasteiger partial charge in [0.15, 0.2) is 6.29 Å². The van der Waals surface area contributed by atoms with Crippen LogP contribution in [0.25, 0.3) is 0 Å². The Balaban J connectivity index is 1.63. The first-order chi connectivity index (χ1) is 6.33. The van der Waals surface area contributed by atoms with E-state index in [2.05, 4.69) is 6.92 Å². The van der Waals surface area contributed by atoms with Gasteiger partial charge in [0.25, 0.3) is 0 Å². The lowest BCUT2D eigenvalue weighted by Crippen LogP contribution is -2.42. The Labute approximate surface area is 77.1 Å². The fraction of sp³-hybridized carbons (Fsp3) is 1.00. The Hall–Kier alpha value is -0.160. The van der Waals surface area contributed by atoms with Gasteiger partial charge in [0.2, 0.25) is 0 Å². The van der Waals surface area contributed by atoms with Crippen molar-refractivity contribution in [3.63, 3.8) is 0 Å². The van der Waals surface area contributed by atoms with E-state index in [0.717, 1.165) is 19.6 Å². The molecular weight excluding hydrogens is 172 g/mol. The maximum Gasteiger partial charge on any atom is 0.186 e. The van der Waals surface area contributed by atoms with E-state index in [-0.39, 0.29) is 24.6 Å². The zero-order valence-corrected chi connectivity index (χ0v) is 7.64. The highest BCUT2D eigenvalue weighted by Gasteiger charge is 2.45. The summed E-state index contributed by atoms with van der Waals surface area (Å²) in [6.45, 7) is 3.69. The molecule has 3 aliphatic rings. The smallest absolute Gasteiger partial charge is 0.186 e. The van der Waals surface area contributed by atoms with Crippen molar-refractivity contribution in [1.29, 1.82) is 0 Å². The van der Waals surface area contributed by atoms with Crippen molar-refractivity contribution in [2.24, 2.45) is 0 Å². The van der Waals surface area contributed by atoms with Crippen molar-refractivity contribution in [1.82, 2.24) is 0 Å². The maximum atomic E-state index is 5.73. The molecule has 0 aromatic carbocycles. The zero-order valence-electron chi connectivity index (χ0n) is 7.64. The van der Waals surface area contributed by atoms with E-state index >= 15 is 0 Å². The third kappa shape index (κ3) is 1.72. The summed E-state index contributed by atoms with van der Waals surface area (Å²) in [6, 6.07) is 0. The molecule has 0 aromatic rings. The fourth-order valence-electron chi connectivity index (χ4n) is 1.77. The lowest BCUT2D eigenvalue weighted by Gasteiger charge is -2.32. The summed E-state index contributed by atoms with van der Waals surface area (Å²) in [5.41, 5.74) is 0. The van der Waals surface area contributed by atoms with Gasteiger partial charge in [0, 0.05) is 6.42 Å². The van der Waals surface area contributed by atoms with Crippen molar-refractivity contribution in [3.8, 4) is 0 Å². The molecule has 3 rings (SSSR count). The molecule has 0 radical (unpaired) electrons. The van der Waals surface area contributed by atoms with E-state index in [1.54, 1.807) is 0 Å². The van der Waals surface area contributed by atoms with Gasteiger partial charge < -0.3 is 18.9 Å². The minimum absolute atomic E-state index is 0.155. The predicted molar refractivity (Wildman–Crippen MR) is 43.3 cm³/mol. The first kappa shape index (κ1) is 8.17. The third-order valence-corrected chi connectivity index (χ3v) is 2.68. The molecule has 3 saturated heterocycles. The number of ether oxygens (including phenoxy) is 4. The summed E-state index contributed by atoms with van der Waals surface area (Å²) in [5, 5.41) is 0. The monoisotopic (exact) mass is 186 g/mol. The topological polar surface area (TPSA) is 43.5 Å². The Morgan fingerprint density at radius 1 is 0.923 bits per heavy atom. The molecule has 4 nitrogen and oxygen atoms in total. The molecule has 0 aromatic heterocycles. The maximum absolute atomic E-state index is 5.73. The van der Waals surface area contributed by atoms with E-state index in [1.165, 1.54) is 0 Å². The van der Waals surface area contributed by atoms with Gasteiger partial charge in [-0.3, -0.25) is 0 Å². The first-order valence-electron chi connectivity index (χ1n) is 4.87. The molecule has 0 saturated carbocycles. The summed E-state index contributed by atoms with van der Waals surface area (Å²) in [5.74, 6) is 0. The molecule has 3 fully saturated rings. The van der Waals surface area contributed by atoms with Crippen LogP contribution in [0, 0.1) is 0 Å². The van der Waals surface area contributed by atoms with Gasteiger partial charge in [-0.2, -0.15) is 0 Å². The van der Waals surface area contributed by atoms with Crippen molar-refractivity contribution < 1.29 is 18.9 Å². The molecule has 3 aliphatic heterocycles. The molecule has 0 bridgehead atoms. The second-order valence-corrected chi connectivity index (χ2v) is 3.97. The number of hydrogen-bond acceptors (Lipinski definition) is 4. The van der Waals surface area contributed by atoms with Gasteiger partial charge in [-0.1, -0.05) is 0 Å². The molecule has 5 unspecified atom stereocenters. The molecule has 4 heteroatoms. The zero-order chi connectivity index (χ0) is 8.84. The van der Waals surface area contributed by atoms with Gasteiger partial charge >= 0.3 is 0 Å². The predicted octanol–water partition coefficient (Wildman–Crippen LogP) is 0.304. The Morgan fingerprint density at radius 3 is 2.23 bits per heavy atom. The van der Waals surface area contributed by atoms with Crippen LogP contribution in [0.1, 0.15) is 13.3 Å². The van der Waals surface area contributed by atoms with Crippen LogP contribution in [0.15, 0.2) is 0 Å². The number of rotatable bonds is 2. The molecular formula is C9H14O4. The minimum atomic E-state index is -0.155. The second-order valence-electron chi connectivity index (χ2n) is 3.97. The fourth-order valence-corrected chi connectivity index (χ4v) is 1.77. The highest BCUT2D eigenvalue weighted by atomic mass is 16.7. The normalized spacial score (nSPS) is 54.7. The van der Waals surface area contributed by atoms with E-state index in [9.17, 15) is 0 Å². The molecule has 5 atom stereocenters. The van der Waals surface area contributed by atoms with Crippen molar-refractivity contribution in [3.05, 3.63) is 0 Å². The van der Waals surface area contributed by atoms with Crippen LogP contribution in [-0.4, -0.2) is 43.9 Å². The first-order valence-corrected chi connectivity index (χ1v) is 4.87. The Bertz CT molecular complexity index is 180. The average molecular weight is 186 g/mol. The molecule has 74 valence electrons. The van der Waals surface area contributed by atoms with Crippen LogP contribution >= 0.6 is 0 Å². The summed E-state index contributed by atoms with van der Waals surface area (Å²) >= 11 is 0. The van der Waals surface area contributed by atoms with Crippen molar-refractivity contribution in [2.75, 3.05) is 13.2 Å². The summed E-state index contributed by atoms with van der Waals surface area (Å²) in [7, 11) is 0.